The van der Waals surface area contributed by atoms with Crippen molar-refractivity contribution in [2.75, 3.05) is 33.4 Å². The molecule has 2 atom stereocenters. The smallest absolute Gasteiger partial charge is 0.213 e. The highest BCUT2D eigenvalue weighted by Crippen LogP contribution is 2.37. The minimum absolute atomic E-state index is 0.0635. The molecule has 1 fully saturated rings. The van der Waals surface area contributed by atoms with Gasteiger partial charge in [0.05, 0.1) is 23.7 Å². The molecule has 252 valence electrons. The van der Waals surface area contributed by atoms with Crippen LogP contribution in [0.25, 0.3) is 16.9 Å². The molecule has 0 N–H and O–H groups in total. The first-order chi connectivity index (χ1) is 23.9. The Morgan fingerprint density at radius 2 is 1.84 bits per heavy atom. The number of aromatic nitrogens is 4. The van der Waals surface area contributed by atoms with Crippen molar-refractivity contribution in [3.8, 4) is 16.9 Å². The van der Waals surface area contributed by atoms with Crippen molar-refractivity contribution in [2.45, 2.75) is 45.4 Å². The topological polar surface area (TPSA) is 85.6 Å². The quantitative estimate of drug-likeness (QED) is 0.149. The highest BCUT2D eigenvalue weighted by molar-refractivity contribution is 5.82. The fourth-order valence-electron chi connectivity index (χ4n) is 7.02. The predicted molar refractivity (Wildman–Crippen MR) is 184 cm³/mol. The van der Waals surface area contributed by atoms with Crippen LogP contribution < -0.4 is 0 Å². The molecule has 0 saturated carbocycles. The maximum Gasteiger partial charge on any atom is 0.213 e. The number of para-hydroxylation sites is 1. The number of benzene rings is 2. The summed E-state index contributed by atoms with van der Waals surface area (Å²) >= 11 is 0. The maximum absolute atomic E-state index is 14.1. The third-order valence-electron chi connectivity index (χ3n) is 9.49. The van der Waals surface area contributed by atoms with Gasteiger partial charge in [0.25, 0.3) is 0 Å². The molecular weight excluding hydrogens is 619 g/mol. The standard InChI is InChI=1S/C39H41FN6O3/c1-27-36(22-34(47)20-32-26-45(17-18-48-2)49-39(32)29-13-15-41-37(40)21-29)46(33-11-7-4-8-12-33)43-38(27)30-19-31-25-44(16-14-35(31)42-23-30)24-28-9-5-3-6-10-28/h3-13,15,19,21,23,32,39H,14,16-18,20,22,24-26H2,1-2H3/t32-,39+/m1/s1. The fourth-order valence-corrected chi connectivity index (χ4v) is 7.02. The molecule has 2 aromatic carbocycles. The Morgan fingerprint density at radius 3 is 2.61 bits per heavy atom. The van der Waals surface area contributed by atoms with Crippen LogP contribution in [0.2, 0.25) is 0 Å². The SMILES string of the molecule is COCCN1C[C@@H](CC(=O)Cc2c(C)c(-c3cnc4c(c3)CN(Cc3ccccc3)CC4)nn2-c2ccccc2)[C@H](c2ccnc(F)c2)O1. The van der Waals surface area contributed by atoms with Crippen LogP contribution >= 0.6 is 0 Å². The van der Waals surface area contributed by atoms with Crippen molar-refractivity contribution in [3.05, 3.63) is 131 Å². The summed E-state index contributed by atoms with van der Waals surface area (Å²) < 4.78 is 21.3. The van der Waals surface area contributed by atoms with Crippen LogP contribution in [0.4, 0.5) is 4.39 Å². The van der Waals surface area contributed by atoms with E-state index >= 15 is 0 Å². The zero-order valence-electron chi connectivity index (χ0n) is 28.0. The maximum atomic E-state index is 14.1. The van der Waals surface area contributed by atoms with Gasteiger partial charge in [-0.1, -0.05) is 48.5 Å². The summed E-state index contributed by atoms with van der Waals surface area (Å²) in [6, 6.07) is 25.8. The van der Waals surface area contributed by atoms with Gasteiger partial charge in [-0.15, -0.1) is 0 Å². The molecule has 5 heterocycles. The summed E-state index contributed by atoms with van der Waals surface area (Å²) in [5, 5.41) is 6.92. The second kappa shape index (κ2) is 14.9. The second-order valence-corrected chi connectivity index (χ2v) is 12.9. The second-order valence-electron chi connectivity index (χ2n) is 12.9. The van der Waals surface area contributed by atoms with Gasteiger partial charge in [0.1, 0.15) is 11.9 Å². The van der Waals surface area contributed by atoms with E-state index in [9.17, 15) is 9.18 Å². The molecule has 2 aliphatic rings. The first-order valence-corrected chi connectivity index (χ1v) is 16.9. The number of carbonyl (C=O) groups excluding carboxylic acids is 1. The lowest BCUT2D eigenvalue weighted by Crippen LogP contribution is -2.30. The van der Waals surface area contributed by atoms with Gasteiger partial charge in [-0.05, 0) is 59.5 Å². The Morgan fingerprint density at radius 1 is 1.04 bits per heavy atom. The number of ketones is 1. The molecule has 5 aromatic rings. The summed E-state index contributed by atoms with van der Waals surface area (Å²) in [5.74, 6) is -0.673. The first-order valence-electron chi connectivity index (χ1n) is 16.9. The lowest BCUT2D eigenvalue weighted by molar-refractivity contribution is -0.155. The van der Waals surface area contributed by atoms with Crippen molar-refractivity contribution < 1.29 is 18.8 Å². The molecule has 2 aliphatic heterocycles. The monoisotopic (exact) mass is 660 g/mol. The minimum Gasteiger partial charge on any atom is -0.383 e. The van der Waals surface area contributed by atoms with Crippen LogP contribution in [-0.2, 0) is 40.3 Å². The molecule has 1 saturated heterocycles. The van der Waals surface area contributed by atoms with Gasteiger partial charge >= 0.3 is 0 Å². The van der Waals surface area contributed by atoms with E-state index in [0.717, 1.165) is 60.0 Å². The van der Waals surface area contributed by atoms with E-state index in [1.165, 1.54) is 23.4 Å². The number of nitrogens with zero attached hydrogens (tertiary/aromatic N) is 6. The predicted octanol–water partition coefficient (Wildman–Crippen LogP) is 6.09. The molecule has 9 nitrogen and oxygen atoms in total. The van der Waals surface area contributed by atoms with Crippen LogP contribution in [0.3, 0.4) is 0 Å². The summed E-state index contributed by atoms with van der Waals surface area (Å²) in [5.41, 5.74) is 8.76. The van der Waals surface area contributed by atoms with Crippen molar-refractivity contribution in [1.29, 1.82) is 0 Å². The molecule has 10 heteroatoms. The molecule has 7 rings (SSSR count). The Hall–Kier alpha value is -4.61. The lowest BCUT2D eigenvalue weighted by atomic mass is 9.90. The first kappa shape index (κ1) is 32.9. The summed E-state index contributed by atoms with van der Waals surface area (Å²) in [6.07, 6.45) is 4.26. The van der Waals surface area contributed by atoms with Gasteiger partial charge in [0.15, 0.2) is 0 Å². The van der Waals surface area contributed by atoms with Gasteiger partial charge in [0.2, 0.25) is 5.95 Å². The number of carbonyl (C=O) groups is 1. The molecule has 3 aromatic heterocycles. The average molecular weight is 661 g/mol. The minimum atomic E-state index is -0.572. The molecule has 0 unspecified atom stereocenters. The Kier molecular flexibility index (Phi) is 9.99. The largest absolute Gasteiger partial charge is 0.383 e. The molecule has 0 radical (unpaired) electrons. The van der Waals surface area contributed by atoms with E-state index in [0.29, 0.717) is 25.3 Å². The molecule has 0 spiro atoms. The Labute approximate surface area is 286 Å². The number of hydrogen-bond donors (Lipinski definition) is 0. The Bertz CT molecular complexity index is 1900. The summed E-state index contributed by atoms with van der Waals surface area (Å²) in [6.45, 7) is 6.29. The molecular formula is C39H41FN6O3. The van der Waals surface area contributed by atoms with Gasteiger partial charge in [-0.25, -0.2) is 9.67 Å². The zero-order chi connectivity index (χ0) is 33.7. The summed E-state index contributed by atoms with van der Waals surface area (Å²) in [4.78, 5) is 31.2. The normalized spacial score (nSPS) is 18.1. The number of rotatable bonds is 12. The highest BCUT2D eigenvalue weighted by Gasteiger charge is 2.37. The van der Waals surface area contributed by atoms with Crippen molar-refractivity contribution in [3.63, 3.8) is 0 Å². The van der Waals surface area contributed by atoms with E-state index in [1.54, 1.807) is 13.2 Å². The number of fused-ring (bicyclic) bond motifs is 1. The van der Waals surface area contributed by atoms with Gasteiger partial charge in [0, 0.05) is 88.7 Å². The molecule has 0 amide bonds. The Balaban J connectivity index is 1.15. The third-order valence-corrected chi connectivity index (χ3v) is 9.49. The number of hydrogen-bond acceptors (Lipinski definition) is 8. The summed E-state index contributed by atoms with van der Waals surface area (Å²) in [7, 11) is 1.64. The van der Waals surface area contributed by atoms with Crippen LogP contribution in [0.5, 0.6) is 0 Å². The highest BCUT2D eigenvalue weighted by atomic mass is 19.1. The van der Waals surface area contributed by atoms with Crippen LogP contribution in [0.15, 0.2) is 91.3 Å². The van der Waals surface area contributed by atoms with Crippen LogP contribution in [-0.4, -0.2) is 68.8 Å². The average Bonchev–Trinajstić information content (AvgIpc) is 3.67. The number of hydroxylamine groups is 2. The lowest BCUT2D eigenvalue weighted by Gasteiger charge is -2.28. The van der Waals surface area contributed by atoms with Crippen molar-refractivity contribution in [2.24, 2.45) is 5.92 Å². The number of ether oxygens (including phenoxy) is 1. The number of pyridine rings is 2. The van der Waals surface area contributed by atoms with E-state index < -0.39 is 12.1 Å². The van der Waals surface area contributed by atoms with Gasteiger partial charge in [-0.3, -0.25) is 19.5 Å². The van der Waals surface area contributed by atoms with Crippen molar-refractivity contribution >= 4 is 5.78 Å². The molecule has 0 bridgehead atoms. The molecule has 49 heavy (non-hydrogen) atoms. The zero-order valence-corrected chi connectivity index (χ0v) is 28.0. The van der Waals surface area contributed by atoms with Crippen molar-refractivity contribution in [1.82, 2.24) is 29.7 Å². The van der Waals surface area contributed by atoms with E-state index in [2.05, 4.69) is 40.2 Å². The fraction of sp³-hybridized carbons (Fsp3) is 0.333. The van der Waals surface area contributed by atoms with Gasteiger partial charge < -0.3 is 4.74 Å². The van der Waals surface area contributed by atoms with Crippen LogP contribution in [0.1, 0.15) is 46.2 Å². The van der Waals surface area contributed by atoms with Gasteiger partial charge in [-0.2, -0.15) is 14.6 Å². The number of halogens is 1. The number of Topliss-reactive ketones (excluding diaryl/α,β-unsaturated/α-hetero) is 1. The number of methoxy groups -OCH3 is 1. The molecule has 0 aliphatic carbocycles. The van der Waals surface area contributed by atoms with E-state index in [4.69, 9.17) is 19.7 Å². The van der Waals surface area contributed by atoms with E-state index in [1.807, 2.05) is 59.3 Å². The third kappa shape index (κ3) is 7.52. The van der Waals surface area contributed by atoms with E-state index in [-0.39, 0.29) is 24.5 Å². The van der Waals surface area contributed by atoms with Crippen LogP contribution in [0, 0.1) is 18.8 Å².